The van der Waals surface area contributed by atoms with E-state index in [-0.39, 0.29) is 6.61 Å². The van der Waals surface area contributed by atoms with Crippen molar-refractivity contribution in [2.24, 2.45) is 0 Å². The average Bonchev–Trinajstić information content (AvgIpc) is 2.58. The van der Waals surface area contributed by atoms with Gasteiger partial charge in [-0.15, -0.1) is 0 Å². The lowest BCUT2D eigenvalue weighted by Crippen LogP contribution is -2.52. The summed E-state index contributed by atoms with van der Waals surface area (Å²) in [6.07, 6.45) is -2.42. The SMILES string of the molecule is COC(=O)[C@](C)(F)[C@H](OO)C1COC(C)(C)O1. The normalized spacial score (nSPS) is 28.5. The fourth-order valence-corrected chi connectivity index (χ4v) is 1.70. The van der Waals surface area contributed by atoms with Crippen molar-refractivity contribution in [3.63, 3.8) is 0 Å². The monoisotopic (exact) mass is 252 g/mol. The number of rotatable bonds is 4. The fraction of sp³-hybridized carbons (Fsp3) is 0.900. The molecule has 1 fully saturated rings. The minimum atomic E-state index is -2.53. The van der Waals surface area contributed by atoms with E-state index < -0.39 is 29.6 Å². The van der Waals surface area contributed by atoms with Gasteiger partial charge in [-0.1, -0.05) is 0 Å². The highest BCUT2D eigenvalue weighted by atomic mass is 19.1. The summed E-state index contributed by atoms with van der Waals surface area (Å²) < 4.78 is 29.0. The van der Waals surface area contributed by atoms with E-state index >= 15 is 0 Å². The van der Waals surface area contributed by atoms with Gasteiger partial charge in [-0.05, 0) is 20.8 Å². The van der Waals surface area contributed by atoms with E-state index in [9.17, 15) is 9.18 Å². The van der Waals surface area contributed by atoms with Crippen molar-refractivity contribution in [3.05, 3.63) is 0 Å². The highest BCUT2D eigenvalue weighted by Crippen LogP contribution is 2.31. The molecule has 1 aliphatic rings. The maximum absolute atomic E-state index is 14.2. The molecule has 0 saturated carbocycles. The minimum Gasteiger partial charge on any atom is -0.467 e. The van der Waals surface area contributed by atoms with E-state index in [2.05, 4.69) is 9.62 Å². The zero-order valence-corrected chi connectivity index (χ0v) is 10.2. The molecule has 7 heteroatoms. The Kier molecular flexibility index (Phi) is 4.08. The van der Waals surface area contributed by atoms with Crippen molar-refractivity contribution < 1.29 is 33.5 Å². The van der Waals surface area contributed by atoms with Gasteiger partial charge in [-0.3, -0.25) is 5.26 Å². The molecule has 0 spiro atoms. The lowest BCUT2D eigenvalue weighted by molar-refractivity contribution is -0.323. The smallest absolute Gasteiger partial charge is 0.346 e. The zero-order valence-electron chi connectivity index (χ0n) is 10.2. The van der Waals surface area contributed by atoms with Gasteiger partial charge in [0.1, 0.15) is 6.10 Å². The van der Waals surface area contributed by atoms with Crippen LogP contribution in [0.15, 0.2) is 0 Å². The molecule has 100 valence electrons. The molecule has 0 aromatic carbocycles. The van der Waals surface area contributed by atoms with E-state index in [4.69, 9.17) is 14.7 Å². The molecule has 0 radical (unpaired) electrons. The molecule has 0 aromatic heterocycles. The number of ether oxygens (including phenoxy) is 3. The van der Waals surface area contributed by atoms with Crippen LogP contribution in [0.4, 0.5) is 4.39 Å². The predicted molar refractivity (Wildman–Crippen MR) is 53.9 cm³/mol. The van der Waals surface area contributed by atoms with Crippen LogP contribution in [0.2, 0.25) is 0 Å². The van der Waals surface area contributed by atoms with Crippen LogP contribution in [0.1, 0.15) is 20.8 Å². The van der Waals surface area contributed by atoms with Crippen LogP contribution in [0.3, 0.4) is 0 Å². The summed E-state index contributed by atoms with van der Waals surface area (Å²) in [6.45, 7) is 4.23. The van der Waals surface area contributed by atoms with Gasteiger partial charge in [0.05, 0.1) is 13.7 Å². The van der Waals surface area contributed by atoms with Crippen molar-refractivity contribution >= 4 is 5.97 Å². The second kappa shape index (κ2) is 4.85. The first-order valence-electron chi connectivity index (χ1n) is 5.14. The molecule has 17 heavy (non-hydrogen) atoms. The zero-order chi connectivity index (χ0) is 13.3. The highest BCUT2D eigenvalue weighted by Gasteiger charge is 2.52. The van der Waals surface area contributed by atoms with Crippen LogP contribution in [-0.4, -0.2) is 48.6 Å². The third-order valence-electron chi connectivity index (χ3n) is 2.60. The van der Waals surface area contributed by atoms with Gasteiger partial charge in [0, 0.05) is 0 Å². The molecule has 1 rings (SSSR count). The lowest BCUT2D eigenvalue weighted by Gasteiger charge is -2.29. The van der Waals surface area contributed by atoms with E-state index in [0.717, 1.165) is 14.0 Å². The minimum absolute atomic E-state index is 0.00866. The van der Waals surface area contributed by atoms with Crippen LogP contribution in [0, 0.1) is 0 Å². The Morgan fingerprint density at radius 2 is 2.24 bits per heavy atom. The molecule has 0 aromatic rings. The average molecular weight is 252 g/mol. The Balaban J connectivity index is 2.82. The van der Waals surface area contributed by atoms with Crippen molar-refractivity contribution in [1.29, 1.82) is 0 Å². The molecule has 0 aliphatic carbocycles. The number of methoxy groups -OCH3 is 1. The molecule has 1 heterocycles. The van der Waals surface area contributed by atoms with Gasteiger partial charge in [-0.2, -0.15) is 0 Å². The largest absolute Gasteiger partial charge is 0.467 e. The molecule has 1 unspecified atom stereocenters. The Morgan fingerprint density at radius 1 is 1.65 bits per heavy atom. The number of carbonyl (C=O) groups is 1. The molecule has 6 nitrogen and oxygen atoms in total. The number of carbonyl (C=O) groups excluding carboxylic acids is 1. The number of alkyl halides is 1. The summed E-state index contributed by atoms with van der Waals surface area (Å²) in [4.78, 5) is 15.3. The second-order valence-electron chi connectivity index (χ2n) is 4.46. The summed E-state index contributed by atoms with van der Waals surface area (Å²) in [7, 11) is 1.05. The van der Waals surface area contributed by atoms with Gasteiger partial charge in [-0.25, -0.2) is 14.1 Å². The van der Waals surface area contributed by atoms with Gasteiger partial charge < -0.3 is 14.2 Å². The molecule has 1 saturated heterocycles. The predicted octanol–water partition coefficient (Wildman–Crippen LogP) is 0.897. The Hall–Kier alpha value is -0.760. The van der Waals surface area contributed by atoms with Crippen LogP contribution in [0.5, 0.6) is 0 Å². The van der Waals surface area contributed by atoms with Crippen LogP contribution in [0.25, 0.3) is 0 Å². The topological polar surface area (TPSA) is 74.2 Å². The maximum Gasteiger partial charge on any atom is 0.346 e. The Bertz CT molecular complexity index is 291. The molecule has 0 bridgehead atoms. The maximum atomic E-state index is 14.2. The van der Waals surface area contributed by atoms with E-state index in [1.165, 1.54) is 0 Å². The summed E-state index contributed by atoms with van der Waals surface area (Å²) >= 11 is 0. The number of hydrogen-bond donors (Lipinski definition) is 1. The summed E-state index contributed by atoms with van der Waals surface area (Å²) in [5.74, 6) is -2.06. The lowest BCUT2D eigenvalue weighted by atomic mass is 9.97. The van der Waals surface area contributed by atoms with Gasteiger partial charge in [0.2, 0.25) is 5.67 Å². The molecule has 3 atom stereocenters. The standard InChI is InChI=1S/C10H17FO6/c1-9(2)15-5-6(16-9)7(17-13)10(3,11)8(12)14-4/h6-7,13H,5H2,1-4H3/t6?,7-,10-/m1/s1. The molecular formula is C10H17FO6. The van der Waals surface area contributed by atoms with Crippen molar-refractivity contribution in [1.82, 2.24) is 0 Å². The first-order valence-corrected chi connectivity index (χ1v) is 5.14. The quantitative estimate of drug-likeness (QED) is 0.455. The molecule has 1 aliphatic heterocycles. The van der Waals surface area contributed by atoms with Gasteiger partial charge in [0.25, 0.3) is 0 Å². The molecular weight excluding hydrogens is 235 g/mol. The number of esters is 1. The van der Waals surface area contributed by atoms with Crippen molar-refractivity contribution in [2.45, 2.75) is 44.4 Å². The van der Waals surface area contributed by atoms with E-state index in [1.807, 2.05) is 0 Å². The van der Waals surface area contributed by atoms with Crippen LogP contribution >= 0.6 is 0 Å². The van der Waals surface area contributed by atoms with Crippen LogP contribution in [-0.2, 0) is 23.9 Å². The summed E-state index contributed by atoms with van der Waals surface area (Å²) in [5.41, 5.74) is -2.53. The Morgan fingerprint density at radius 3 is 2.59 bits per heavy atom. The van der Waals surface area contributed by atoms with Gasteiger partial charge >= 0.3 is 5.97 Å². The summed E-state index contributed by atoms with van der Waals surface area (Å²) in [6, 6.07) is 0. The first-order chi connectivity index (χ1) is 7.74. The van der Waals surface area contributed by atoms with E-state index in [0.29, 0.717) is 0 Å². The van der Waals surface area contributed by atoms with Crippen LogP contribution < -0.4 is 0 Å². The van der Waals surface area contributed by atoms with E-state index in [1.54, 1.807) is 13.8 Å². The fourth-order valence-electron chi connectivity index (χ4n) is 1.70. The Labute approximate surface area is 98.5 Å². The highest BCUT2D eigenvalue weighted by molar-refractivity contribution is 5.79. The second-order valence-corrected chi connectivity index (χ2v) is 4.46. The number of halogens is 1. The summed E-state index contributed by atoms with van der Waals surface area (Å²) in [5, 5.41) is 8.75. The third-order valence-corrected chi connectivity index (χ3v) is 2.60. The molecule has 1 N–H and O–H groups in total. The molecule has 0 amide bonds. The van der Waals surface area contributed by atoms with Crippen molar-refractivity contribution in [2.75, 3.05) is 13.7 Å². The third kappa shape index (κ3) is 2.92. The number of hydrogen-bond acceptors (Lipinski definition) is 6. The van der Waals surface area contributed by atoms with Crippen molar-refractivity contribution in [3.8, 4) is 0 Å². The first kappa shape index (κ1) is 14.3. The van der Waals surface area contributed by atoms with Gasteiger partial charge in [0.15, 0.2) is 11.9 Å².